The lowest BCUT2D eigenvalue weighted by atomic mass is 9.78. The van der Waals surface area contributed by atoms with Gasteiger partial charge in [0.25, 0.3) is 0 Å². The third-order valence-electron chi connectivity index (χ3n) is 3.42. The molecule has 0 saturated heterocycles. The van der Waals surface area contributed by atoms with Crippen LogP contribution in [0.1, 0.15) is 23.6 Å². The third kappa shape index (κ3) is 3.15. The van der Waals surface area contributed by atoms with Crippen molar-refractivity contribution in [2.24, 2.45) is 0 Å². The molecule has 0 aliphatic rings. The molecule has 5 heteroatoms. The predicted octanol–water partition coefficient (Wildman–Crippen LogP) is 3.96. The molecule has 2 aromatic rings. The maximum atomic E-state index is 11.1. The van der Waals surface area contributed by atoms with Gasteiger partial charge >= 0.3 is 0 Å². The largest absolute Gasteiger partial charge is 0.371 e. The molecule has 0 aliphatic carbocycles. The molecule has 0 spiro atoms. The van der Waals surface area contributed by atoms with Gasteiger partial charge in [-0.1, -0.05) is 41.3 Å². The molecule has 1 aromatic carbocycles. The standard InChI is InChI=1S/C17H14Cl2N2O/c1-3-5-14(13-7-6-12(18)10-15(13)19)17(22,4-2)16-11-20-8-9-21-16/h2-3,6-11,14,22H,1,5H2. The van der Waals surface area contributed by atoms with E-state index in [0.717, 1.165) is 0 Å². The summed E-state index contributed by atoms with van der Waals surface area (Å²) >= 11 is 12.2. The molecular formula is C17H14Cl2N2O. The van der Waals surface area contributed by atoms with Crippen molar-refractivity contribution >= 4 is 23.2 Å². The molecule has 0 radical (unpaired) electrons. The van der Waals surface area contributed by atoms with Crippen LogP contribution < -0.4 is 0 Å². The lowest BCUT2D eigenvalue weighted by Crippen LogP contribution is -2.33. The highest BCUT2D eigenvalue weighted by Crippen LogP contribution is 2.41. The third-order valence-corrected chi connectivity index (χ3v) is 3.98. The molecule has 1 heterocycles. The molecule has 112 valence electrons. The van der Waals surface area contributed by atoms with Gasteiger partial charge in [-0.15, -0.1) is 13.0 Å². The van der Waals surface area contributed by atoms with Gasteiger partial charge in [0, 0.05) is 28.4 Å². The summed E-state index contributed by atoms with van der Waals surface area (Å²) in [7, 11) is 0. The Kier molecular flexibility index (Phi) is 5.20. The van der Waals surface area contributed by atoms with Gasteiger partial charge in [-0.2, -0.15) is 0 Å². The van der Waals surface area contributed by atoms with Crippen molar-refractivity contribution < 1.29 is 5.11 Å². The number of allylic oxidation sites excluding steroid dienone is 1. The summed E-state index contributed by atoms with van der Waals surface area (Å²) in [5, 5.41) is 12.0. The molecule has 0 aliphatic heterocycles. The van der Waals surface area contributed by atoms with Crippen LogP contribution in [0.25, 0.3) is 0 Å². The number of rotatable bonds is 5. The van der Waals surface area contributed by atoms with E-state index >= 15 is 0 Å². The van der Waals surface area contributed by atoms with Gasteiger partial charge in [0.05, 0.1) is 6.20 Å². The average molecular weight is 333 g/mol. The maximum absolute atomic E-state index is 11.1. The average Bonchev–Trinajstić information content (AvgIpc) is 2.53. The molecule has 2 rings (SSSR count). The highest BCUT2D eigenvalue weighted by molar-refractivity contribution is 6.35. The number of terminal acetylenes is 1. The zero-order valence-corrected chi connectivity index (χ0v) is 13.2. The highest BCUT2D eigenvalue weighted by Gasteiger charge is 2.39. The highest BCUT2D eigenvalue weighted by atomic mass is 35.5. The molecule has 3 nitrogen and oxygen atoms in total. The minimum atomic E-state index is -1.65. The number of benzene rings is 1. The van der Waals surface area contributed by atoms with E-state index in [1.807, 2.05) is 0 Å². The molecule has 1 aromatic heterocycles. The Balaban J connectivity index is 2.59. The van der Waals surface area contributed by atoms with E-state index in [1.54, 1.807) is 24.3 Å². The molecule has 1 N–H and O–H groups in total. The van der Waals surface area contributed by atoms with Crippen LogP contribution in [0.3, 0.4) is 0 Å². The summed E-state index contributed by atoms with van der Waals surface area (Å²) in [6.07, 6.45) is 12.1. The van der Waals surface area contributed by atoms with Crippen molar-refractivity contribution in [1.29, 1.82) is 0 Å². The Labute approximate surface area is 139 Å². The molecule has 0 saturated carbocycles. The molecule has 0 fully saturated rings. The molecule has 0 bridgehead atoms. The number of hydrogen-bond acceptors (Lipinski definition) is 3. The van der Waals surface area contributed by atoms with Gasteiger partial charge in [0.2, 0.25) is 0 Å². The molecule has 0 amide bonds. The van der Waals surface area contributed by atoms with Crippen LogP contribution in [0.4, 0.5) is 0 Å². The zero-order chi connectivity index (χ0) is 16.2. The van der Waals surface area contributed by atoms with E-state index < -0.39 is 11.5 Å². The van der Waals surface area contributed by atoms with Crippen molar-refractivity contribution in [2.75, 3.05) is 0 Å². The summed E-state index contributed by atoms with van der Waals surface area (Å²) in [6.45, 7) is 3.73. The summed E-state index contributed by atoms with van der Waals surface area (Å²) in [4.78, 5) is 8.11. The van der Waals surface area contributed by atoms with E-state index in [9.17, 15) is 5.11 Å². The first-order chi connectivity index (χ1) is 10.5. The predicted molar refractivity (Wildman–Crippen MR) is 88.8 cm³/mol. The van der Waals surface area contributed by atoms with Crippen LogP contribution >= 0.6 is 23.2 Å². The fraction of sp³-hybridized carbons (Fsp3) is 0.176. The second-order valence-electron chi connectivity index (χ2n) is 4.74. The SMILES string of the molecule is C#CC(O)(c1cnccn1)C(CC=C)c1ccc(Cl)cc1Cl. The van der Waals surface area contributed by atoms with Gasteiger partial charge in [-0.05, 0) is 24.1 Å². The van der Waals surface area contributed by atoms with E-state index in [1.165, 1.54) is 18.6 Å². The lowest BCUT2D eigenvalue weighted by molar-refractivity contribution is 0.0642. The summed E-state index contributed by atoms with van der Waals surface area (Å²) in [6, 6.07) is 5.06. The molecular weight excluding hydrogens is 319 g/mol. The van der Waals surface area contributed by atoms with Gasteiger partial charge in [-0.25, -0.2) is 0 Å². The summed E-state index contributed by atoms with van der Waals surface area (Å²) in [5.41, 5.74) is -0.688. The van der Waals surface area contributed by atoms with Crippen molar-refractivity contribution in [3.05, 3.63) is 70.7 Å². The Morgan fingerprint density at radius 3 is 2.73 bits per heavy atom. The Hall–Kier alpha value is -1.86. The first-order valence-electron chi connectivity index (χ1n) is 6.55. The fourth-order valence-electron chi connectivity index (χ4n) is 2.32. The molecule has 2 unspecified atom stereocenters. The van der Waals surface area contributed by atoms with E-state index in [-0.39, 0.29) is 5.69 Å². The normalized spacial score (nSPS) is 14.6. The van der Waals surface area contributed by atoms with Crippen molar-refractivity contribution in [3.63, 3.8) is 0 Å². The van der Waals surface area contributed by atoms with Crippen molar-refractivity contribution in [2.45, 2.75) is 17.9 Å². The van der Waals surface area contributed by atoms with Crippen LogP contribution in [0.2, 0.25) is 10.0 Å². The second kappa shape index (κ2) is 6.93. The minimum Gasteiger partial charge on any atom is -0.371 e. The Bertz CT molecular complexity index is 712. The fourth-order valence-corrected chi connectivity index (χ4v) is 2.86. The van der Waals surface area contributed by atoms with Crippen LogP contribution in [0.5, 0.6) is 0 Å². The number of nitrogens with zero attached hydrogens (tertiary/aromatic N) is 2. The first-order valence-corrected chi connectivity index (χ1v) is 7.31. The first kappa shape index (κ1) is 16.5. The Morgan fingerprint density at radius 2 is 2.18 bits per heavy atom. The topological polar surface area (TPSA) is 46.0 Å². The van der Waals surface area contributed by atoms with Gasteiger partial charge in [0.1, 0.15) is 5.69 Å². The van der Waals surface area contributed by atoms with Crippen molar-refractivity contribution in [1.82, 2.24) is 9.97 Å². The summed E-state index contributed by atoms with van der Waals surface area (Å²) in [5.74, 6) is 1.92. The van der Waals surface area contributed by atoms with Crippen LogP contribution in [-0.2, 0) is 5.60 Å². The summed E-state index contributed by atoms with van der Waals surface area (Å²) < 4.78 is 0. The number of aliphatic hydroxyl groups is 1. The van der Waals surface area contributed by atoms with Gasteiger partial charge in [-0.3, -0.25) is 9.97 Å². The van der Waals surface area contributed by atoms with E-state index in [2.05, 4.69) is 22.5 Å². The Morgan fingerprint density at radius 1 is 1.41 bits per heavy atom. The molecule has 22 heavy (non-hydrogen) atoms. The lowest BCUT2D eigenvalue weighted by Gasteiger charge is -2.31. The quantitative estimate of drug-likeness (QED) is 0.665. The monoisotopic (exact) mass is 332 g/mol. The van der Waals surface area contributed by atoms with E-state index in [0.29, 0.717) is 22.0 Å². The number of halogens is 2. The van der Waals surface area contributed by atoms with Crippen LogP contribution in [-0.4, -0.2) is 15.1 Å². The van der Waals surface area contributed by atoms with Gasteiger partial charge in [0.15, 0.2) is 5.60 Å². The molecule has 2 atom stereocenters. The van der Waals surface area contributed by atoms with Crippen molar-refractivity contribution in [3.8, 4) is 12.3 Å². The zero-order valence-electron chi connectivity index (χ0n) is 11.7. The smallest absolute Gasteiger partial charge is 0.176 e. The van der Waals surface area contributed by atoms with Crippen LogP contribution in [0, 0.1) is 12.3 Å². The number of hydrogen-bond donors (Lipinski definition) is 1. The minimum absolute atomic E-state index is 0.287. The van der Waals surface area contributed by atoms with E-state index in [4.69, 9.17) is 29.6 Å². The van der Waals surface area contributed by atoms with Gasteiger partial charge < -0.3 is 5.11 Å². The number of aromatic nitrogens is 2. The van der Waals surface area contributed by atoms with Crippen LogP contribution in [0.15, 0.2) is 49.4 Å². The maximum Gasteiger partial charge on any atom is 0.176 e. The second-order valence-corrected chi connectivity index (χ2v) is 5.59.